The van der Waals surface area contributed by atoms with Crippen molar-refractivity contribution in [3.63, 3.8) is 0 Å². The summed E-state index contributed by atoms with van der Waals surface area (Å²) in [7, 11) is 0. The average molecular weight is 230 g/mol. The number of furan rings is 1. The van der Waals surface area contributed by atoms with Crippen molar-refractivity contribution in [3.8, 4) is 0 Å². The molecule has 0 spiro atoms. The first-order valence-corrected chi connectivity index (χ1v) is 5.88. The molecule has 1 aromatic carbocycles. The van der Waals surface area contributed by atoms with Crippen LogP contribution < -0.4 is 0 Å². The van der Waals surface area contributed by atoms with Gasteiger partial charge in [0.25, 0.3) is 0 Å². The lowest BCUT2D eigenvalue weighted by Gasteiger charge is -2.31. The molecule has 2 unspecified atom stereocenters. The molecule has 2 atom stereocenters. The Hall–Kier alpha value is -1.77. The minimum atomic E-state index is -0.710. The Morgan fingerprint density at radius 3 is 2.82 bits per heavy atom. The van der Waals surface area contributed by atoms with E-state index in [1.807, 2.05) is 31.2 Å². The molecule has 0 amide bonds. The van der Waals surface area contributed by atoms with E-state index >= 15 is 0 Å². The quantitative estimate of drug-likeness (QED) is 0.860. The van der Waals surface area contributed by atoms with Crippen molar-refractivity contribution < 1.29 is 14.3 Å². The van der Waals surface area contributed by atoms with Crippen LogP contribution in [0.25, 0.3) is 11.0 Å². The van der Waals surface area contributed by atoms with E-state index in [1.165, 1.54) is 0 Å². The molecule has 0 radical (unpaired) electrons. The minimum absolute atomic E-state index is 0.0549. The van der Waals surface area contributed by atoms with Gasteiger partial charge in [-0.25, -0.2) is 0 Å². The highest BCUT2D eigenvalue weighted by molar-refractivity contribution is 5.81. The Morgan fingerprint density at radius 1 is 1.41 bits per heavy atom. The van der Waals surface area contributed by atoms with Gasteiger partial charge < -0.3 is 9.52 Å². The number of rotatable bonds is 2. The third-order valence-electron chi connectivity index (χ3n) is 3.72. The van der Waals surface area contributed by atoms with Gasteiger partial charge in [0.15, 0.2) is 0 Å². The smallest absolute Gasteiger partial charge is 0.307 e. The van der Waals surface area contributed by atoms with Crippen LogP contribution >= 0.6 is 0 Å². The lowest BCUT2D eigenvalue weighted by Crippen LogP contribution is -2.30. The summed E-state index contributed by atoms with van der Waals surface area (Å²) in [6, 6.07) is 7.99. The highest BCUT2D eigenvalue weighted by Gasteiger charge is 2.39. The molecule has 1 heterocycles. The van der Waals surface area contributed by atoms with Gasteiger partial charge in [0.1, 0.15) is 11.3 Å². The predicted octanol–water partition coefficient (Wildman–Crippen LogP) is 3.32. The molecular weight excluding hydrogens is 216 g/mol. The van der Waals surface area contributed by atoms with Crippen LogP contribution in [-0.2, 0) is 4.79 Å². The molecule has 1 fully saturated rings. The van der Waals surface area contributed by atoms with Crippen molar-refractivity contribution in [1.29, 1.82) is 0 Å². The molecule has 17 heavy (non-hydrogen) atoms. The lowest BCUT2D eigenvalue weighted by atomic mass is 9.72. The van der Waals surface area contributed by atoms with E-state index in [4.69, 9.17) is 9.52 Å². The van der Waals surface area contributed by atoms with Crippen molar-refractivity contribution in [2.75, 3.05) is 0 Å². The maximum atomic E-state index is 11.0. The summed E-state index contributed by atoms with van der Waals surface area (Å²) in [4.78, 5) is 11.0. The van der Waals surface area contributed by atoms with Gasteiger partial charge in [0.2, 0.25) is 0 Å². The summed E-state index contributed by atoms with van der Waals surface area (Å²) < 4.78 is 5.82. The van der Waals surface area contributed by atoms with Crippen LogP contribution in [-0.4, -0.2) is 11.1 Å². The molecule has 1 aromatic heterocycles. The van der Waals surface area contributed by atoms with Crippen LogP contribution in [0.2, 0.25) is 0 Å². The summed E-state index contributed by atoms with van der Waals surface area (Å²) in [5, 5.41) is 10.1. The summed E-state index contributed by atoms with van der Waals surface area (Å²) in [6.07, 6.45) is 1.67. The van der Waals surface area contributed by atoms with Crippen LogP contribution in [0, 0.1) is 12.8 Å². The fraction of sp³-hybridized carbons (Fsp3) is 0.357. The summed E-state index contributed by atoms with van der Waals surface area (Å²) >= 11 is 0. The van der Waals surface area contributed by atoms with Gasteiger partial charge >= 0.3 is 5.97 Å². The zero-order valence-corrected chi connectivity index (χ0v) is 9.64. The molecule has 2 aromatic rings. The van der Waals surface area contributed by atoms with E-state index in [0.717, 1.165) is 35.1 Å². The monoisotopic (exact) mass is 230 g/mol. The fourth-order valence-electron chi connectivity index (χ4n) is 2.55. The number of hydrogen-bond donors (Lipinski definition) is 1. The minimum Gasteiger partial charge on any atom is -0.481 e. The first-order valence-electron chi connectivity index (χ1n) is 5.88. The Bertz CT molecular complexity index is 582. The molecule has 88 valence electrons. The second-order valence-electron chi connectivity index (χ2n) is 4.77. The van der Waals surface area contributed by atoms with Gasteiger partial charge in [-0.05, 0) is 31.4 Å². The Kier molecular flexibility index (Phi) is 2.21. The van der Waals surface area contributed by atoms with E-state index in [0.29, 0.717) is 0 Å². The van der Waals surface area contributed by atoms with Gasteiger partial charge in [-0.2, -0.15) is 0 Å². The van der Waals surface area contributed by atoms with Crippen LogP contribution in [0.5, 0.6) is 0 Å². The van der Waals surface area contributed by atoms with Gasteiger partial charge in [-0.1, -0.05) is 18.2 Å². The number of fused-ring (bicyclic) bond motifs is 1. The second-order valence-corrected chi connectivity index (χ2v) is 4.77. The number of benzene rings is 1. The Labute approximate surface area is 99.0 Å². The molecule has 3 nitrogen and oxygen atoms in total. The zero-order valence-electron chi connectivity index (χ0n) is 9.64. The molecule has 0 aliphatic heterocycles. The van der Waals surface area contributed by atoms with Crippen LogP contribution in [0.3, 0.4) is 0 Å². The van der Waals surface area contributed by atoms with Crippen LogP contribution in [0.4, 0.5) is 0 Å². The maximum Gasteiger partial charge on any atom is 0.307 e. The van der Waals surface area contributed by atoms with Gasteiger partial charge in [-0.15, -0.1) is 0 Å². The van der Waals surface area contributed by atoms with Crippen molar-refractivity contribution in [2.45, 2.75) is 25.7 Å². The standard InChI is InChI=1S/C14H14O3/c1-8-3-2-4-9-7-12(17-13(8)9)10-5-6-11(10)14(15)16/h2-4,7,10-11H,5-6H2,1H3,(H,15,16). The van der Waals surface area contributed by atoms with Crippen LogP contribution in [0.1, 0.15) is 30.1 Å². The topological polar surface area (TPSA) is 50.4 Å². The number of carbonyl (C=O) groups is 1. The van der Waals surface area contributed by atoms with E-state index in [9.17, 15) is 4.79 Å². The van der Waals surface area contributed by atoms with E-state index < -0.39 is 5.97 Å². The summed E-state index contributed by atoms with van der Waals surface area (Å²) in [6.45, 7) is 2.01. The van der Waals surface area contributed by atoms with E-state index in [1.54, 1.807) is 0 Å². The van der Waals surface area contributed by atoms with Crippen molar-refractivity contribution in [3.05, 3.63) is 35.6 Å². The average Bonchev–Trinajstić information content (AvgIpc) is 2.59. The number of hydrogen-bond acceptors (Lipinski definition) is 2. The predicted molar refractivity (Wildman–Crippen MR) is 64.1 cm³/mol. The molecule has 3 heteroatoms. The van der Waals surface area contributed by atoms with E-state index in [2.05, 4.69) is 0 Å². The molecular formula is C14H14O3. The molecule has 0 saturated heterocycles. The molecule has 0 bridgehead atoms. The number of carboxylic acid groups (broad SMARTS) is 1. The highest BCUT2D eigenvalue weighted by Crippen LogP contribution is 2.44. The summed E-state index contributed by atoms with van der Waals surface area (Å²) in [5.41, 5.74) is 1.98. The van der Waals surface area contributed by atoms with Crippen molar-refractivity contribution in [1.82, 2.24) is 0 Å². The zero-order chi connectivity index (χ0) is 12.0. The number of aryl methyl sites for hydroxylation is 1. The molecule has 3 rings (SSSR count). The second kappa shape index (κ2) is 3.62. The van der Waals surface area contributed by atoms with Gasteiger partial charge in [0, 0.05) is 11.3 Å². The van der Waals surface area contributed by atoms with Gasteiger partial charge in [-0.3, -0.25) is 4.79 Å². The number of para-hydroxylation sites is 1. The van der Waals surface area contributed by atoms with Crippen molar-refractivity contribution >= 4 is 16.9 Å². The van der Waals surface area contributed by atoms with E-state index in [-0.39, 0.29) is 11.8 Å². The summed E-state index contributed by atoms with van der Waals surface area (Å²) in [5.74, 6) is -0.0958. The molecule has 1 aliphatic carbocycles. The lowest BCUT2D eigenvalue weighted by molar-refractivity contribution is -0.145. The third kappa shape index (κ3) is 1.54. The van der Waals surface area contributed by atoms with Crippen molar-refractivity contribution in [2.24, 2.45) is 5.92 Å². The fourth-order valence-corrected chi connectivity index (χ4v) is 2.55. The molecule has 1 aliphatic rings. The number of carboxylic acids is 1. The van der Waals surface area contributed by atoms with Gasteiger partial charge in [0.05, 0.1) is 5.92 Å². The maximum absolute atomic E-state index is 11.0. The largest absolute Gasteiger partial charge is 0.481 e. The van der Waals surface area contributed by atoms with Crippen LogP contribution in [0.15, 0.2) is 28.7 Å². The Balaban J connectivity index is 2.02. The molecule has 1 N–H and O–H groups in total. The normalized spacial score (nSPS) is 23.6. The molecule has 1 saturated carbocycles. The third-order valence-corrected chi connectivity index (χ3v) is 3.72. The number of aliphatic carboxylic acids is 1. The Morgan fingerprint density at radius 2 is 2.24 bits per heavy atom. The first kappa shape index (κ1) is 10.4. The highest BCUT2D eigenvalue weighted by atomic mass is 16.4. The SMILES string of the molecule is Cc1cccc2cc(C3CCC3C(=O)O)oc12. The first-order chi connectivity index (χ1) is 8.16.